The zero-order valence-electron chi connectivity index (χ0n) is 15.0. The van der Waals surface area contributed by atoms with Gasteiger partial charge in [0.15, 0.2) is 0 Å². The van der Waals surface area contributed by atoms with E-state index in [0.717, 1.165) is 19.6 Å². The van der Waals surface area contributed by atoms with Crippen molar-refractivity contribution in [2.24, 2.45) is 0 Å². The summed E-state index contributed by atoms with van der Waals surface area (Å²) in [7, 11) is 0. The van der Waals surface area contributed by atoms with Gasteiger partial charge in [0.1, 0.15) is 5.82 Å². The smallest absolute Gasteiger partial charge is 0.367 e. The Morgan fingerprint density at radius 1 is 1.07 bits per heavy atom. The third kappa shape index (κ3) is 5.59. The molecular formula is C19H21F4N3S. The first-order chi connectivity index (χ1) is 12.8. The van der Waals surface area contributed by atoms with Gasteiger partial charge in [-0.3, -0.25) is 9.88 Å². The van der Waals surface area contributed by atoms with Gasteiger partial charge < -0.3 is 4.90 Å². The minimum absolute atomic E-state index is 0.383. The van der Waals surface area contributed by atoms with Gasteiger partial charge in [0.05, 0.1) is 11.4 Å². The maximum absolute atomic E-state index is 14.4. The zero-order chi connectivity index (χ0) is 19.4. The van der Waals surface area contributed by atoms with Crippen molar-refractivity contribution in [2.75, 3.05) is 36.8 Å². The third-order valence-corrected chi connectivity index (χ3v) is 5.73. The minimum Gasteiger partial charge on any atom is -0.367 e. The Bertz CT molecular complexity index is 760. The van der Waals surface area contributed by atoms with Crippen molar-refractivity contribution in [3.05, 3.63) is 53.6 Å². The Morgan fingerprint density at radius 2 is 1.74 bits per heavy atom. The molecule has 1 aromatic carbocycles. The lowest BCUT2D eigenvalue weighted by atomic mass is 10.1. The molecule has 1 fully saturated rings. The van der Waals surface area contributed by atoms with Crippen molar-refractivity contribution in [1.29, 1.82) is 0 Å². The van der Waals surface area contributed by atoms with Crippen LogP contribution in [-0.2, 0) is 6.54 Å². The second kappa shape index (κ2) is 8.48. The second-order valence-corrected chi connectivity index (χ2v) is 7.61. The standard InChI is InChI=1S/C19H21F4N3S/c1-14-10-16(20)17(11-18(14)27-13-19(21,22)23)26-8-6-25(7-9-26)12-15-2-4-24-5-3-15/h2-5,10-11H,6-9,12-13H2,1H3. The minimum atomic E-state index is -4.25. The highest BCUT2D eigenvalue weighted by Gasteiger charge is 2.28. The zero-order valence-corrected chi connectivity index (χ0v) is 15.8. The van der Waals surface area contributed by atoms with Crippen LogP contribution in [0, 0.1) is 12.7 Å². The number of anilines is 1. The van der Waals surface area contributed by atoms with Gasteiger partial charge in [0.2, 0.25) is 0 Å². The molecule has 0 N–H and O–H groups in total. The summed E-state index contributed by atoms with van der Waals surface area (Å²) in [5.74, 6) is -1.36. The average Bonchev–Trinajstić information content (AvgIpc) is 2.62. The van der Waals surface area contributed by atoms with E-state index in [2.05, 4.69) is 9.88 Å². The quantitative estimate of drug-likeness (QED) is 0.544. The Kier molecular flexibility index (Phi) is 6.26. The number of aryl methyl sites for hydroxylation is 1. The molecule has 2 heterocycles. The summed E-state index contributed by atoms with van der Waals surface area (Å²) in [4.78, 5) is 8.67. The average molecular weight is 399 g/mol. The number of piperazine rings is 1. The van der Waals surface area contributed by atoms with E-state index in [9.17, 15) is 17.6 Å². The number of pyridine rings is 1. The molecular weight excluding hydrogens is 378 g/mol. The van der Waals surface area contributed by atoms with Crippen molar-refractivity contribution in [1.82, 2.24) is 9.88 Å². The van der Waals surface area contributed by atoms with Crippen LogP contribution in [0.4, 0.5) is 23.2 Å². The van der Waals surface area contributed by atoms with Crippen molar-refractivity contribution in [3.63, 3.8) is 0 Å². The number of aromatic nitrogens is 1. The topological polar surface area (TPSA) is 19.4 Å². The molecule has 0 amide bonds. The van der Waals surface area contributed by atoms with E-state index in [1.807, 2.05) is 17.0 Å². The van der Waals surface area contributed by atoms with Crippen LogP contribution in [0.2, 0.25) is 0 Å². The summed E-state index contributed by atoms with van der Waals surface area (Å²) in [6.45, 7) is 5.24. The van der Waals surface area contributed by atoms with Crippen molar-refractivity contribution in [2.45, 2.75) is 24.5 Å². The molecule has 8 heteroatoms. The van der Waals surface area contributed by atoms with Crippen LogP contribution in [0.15, 0.2) is 41.6 Å². The van der Waals surface area contributed by atoms with E-state index in [1.54, 1.807) is 25.4 Å². The van der Waals surface area contributed by atoms with E-state index in [-0.39, 0.29) is 5.82 Å². The summed E-state index contributed by atoms with van der Waals surface area (Å²) < 4.78 is 52.0. The van der Waals surface area contributed by atoms with Gasteiger partial charge in [0, 0.05) is 50.0 Å². The van der Waals surface area contributed by atoms with Crippen LogP contribution < -0.4 is 4.90 Å². The molecule has 27 heavy (non-hydrogen) atoms. The molecule has 1 aromatic heterocycles. The fourth-order valence-corrected chi connectivity index (χ4v) is 3.89. The number of thioether (sulfide) groups is 1. The molecule has 1 saturated heterocycles. The number of benzene rings is 1. The van der Waals surface area contributed by atoms with Gasteiger partial charge in [-0.25, -0.2) is 4.39 Å². The molecule has 0 radical (unpaired) electrons. The molecule has 0 saturated carbocycles. The fraction of sp³-hybridized carbons (Fsp3) is 0.421. The summed E-state index contributed by atoms with van der Waals surface area (Å²) in [5.41, 5.74) is 2.08. The van der Waals surface area contributed by atoms with Crippen molar-refractivity contribution < 1.29 is 17.6 Å². The first kappa shape index (κ1) is 19.9. The number of halogens is 4. The van der Waals surface area contributed by atoms with Crippen LogP contribution in [0.1, 0.15) is 11.1 Å². The highest BCUT2D eigenvalue weighted by atomic mass is 32.2. The number of hydrogen-bond donors (Lipinski definition) is 0. The molecule has 2 aromatic rings. The molecule has 0 unspecified atom stereocenters. The molecule has 146 valence electrons. The summed E-state index contributed by atoms with van der Waals surface area (Å²) >= 11 is 0.709. The molecule has 1 aliphatic heterocycles. The molecule has 3 rings (SSSR count). The molecule has 0 bridgehead atoms. The predicted octanol–water partition coefficient (Wildman–Crippen LogP) is 4.51. The number of alkyl halides is 3. The third-order valence-electron chi connectivity index (χ3n) is 4.50. The SMILES string of the molecule is Cc1cc(F)c(N2CCN(Cc3ccncc3)CC2)cc1SCC(F)(F)F. The van der Waals surface area contributed by atoms with E-state index in [0.29, 0.717) is 41.0 Å². The highest BCUT2D eigenvalue weighted by Crippen LogP contribution is 2.34. The summed E-state index contributed by atoms with van der Waals surface area (Å²) in [6.07, 6.45) is -0.731. The van der Waals surface area contributed by atoms with Crippen LogP contribution >= 0.6 is 11.8 Å². The van der Waals surface area contributed by atoms with Crippen LogP contribution in [0.5, 0.6) is 0 Å². The van der Waals surface area contributed by atoms with E-state index >= 15 is 0 Å². The Hall–Kier alpha value is -1.80. The Labute approximate surface area is 160 Å². The van der Waals surface area contributed by atoms with E-state index < -0.39 is 11.9 Å². The van der Waals surface area contributed by atoms with Crippen LogP contribution in [0.25, 0.3) is 0 Å². The Morgan fingerprint density at radius 3 is 2.37 bits per heavy atom. The maximum atomic E-state index is 14.4. The molecule has 0 spiro atoms. The van der Waals surface area contributed by atoms with Gasteiger partial charge in [-0.1, -0.05) is 0 Å². The second-order valence-electron chi connectivity index (χ2n) is 6.59. The highest BCUT2D eigenvalue weighted by molar-refractivity contribution is 7.99. The summed E-state index contributed by atoms with van der Waals surface area (Å²) in [5, 5.41) is 0. The first-order valence-electron chi connectivity index (χ1n) is 8.68. The maximum Gasteiger partial charge on any atom is 0.398 e. The fourth-order valence-electron chi connectivity index (χ4n) is 3.09. The molecule has 0 atom stereocenters. The largest absolute Gasteiger partial charge is 0.398 e. The monoisotopic (exact) mass is 399 g/mol. The van der Waals surface area contributed by atoms with E-state index in [4.69, 9.17) is 0 Å². The lowest BCUT2D eigenvalue weighted by molar-refractivity contribution is -0.105. The Balaban J connectivity index is 1.64. The van der Waals surface area contributed by atoms with E-state index in [1.165, 1.54) is 11.6 Å². The molecule has 1 aliphatic rings. The predicted molar refractivity (Wildman–Crippen MR) is 99.6 cm³/mol. The number of hydrogen-bond acceptors (Lipinski definition) is 4. The summed E-state index contributed by atoms with van der Waals surface area (Å²) in [6, 6.07) is 6.82. The van der Waals surface area contributed by atoms with Crippen molar-refractivity contribution >= 4 is 17.4 Å². The molecule has 0 aliphatic carbocycles. The first-order valence-corrected chi connectivity index (χ1v) is 9.66. The van der Waals surface area contributed by atoms with Gasteiger partial charge >= 0.3 is 6.18 Å². The van der Waals surface area contributed by atoms with Gasteiger partial charge in [-0.2, -0.15) is 13.2 Å². The normalized spacial score (nSPS) is 16.0. The molecule has 3 nitrogen and oxygen atoms in total. The van der Waals surface area contributed by atoms with Crippen LogP contribution in [0.3, 0.4) is 0 Å². The lowest BCUT2D eigenvalue weighted by Gasteiger charge is -2.36. The van der Waals surface area contributed by atoms with Crippen LogP contribution in [-0.4, -0.2) is 48.0 Å². The van der Waals surface area contributed by atoms with Gasteiger partial charge in [-0.05, 0) is 42.3 Å². The number of nitrogens with zero attached hydrogens (tertiary/aromatic N) is 3. The van der Waals surface area contributed by atoms with Gasteiger partial charge in [-0.15, -0.1) is 11.8 Å². The van der Waals surface area contributed by atoms with Crippen molar-refractivity contribution in [3.8, 4) is 0 Å². The lowest BCUT2D eigenvalue weighted by Crippen LogP contribution is -2.46. The van der Waals surface area contributed by atoms with Gasteiger partial charge in [0.25, 0.3) is 0 Å². The number of rotatable bonds is 5.